The van der Waals surface area contributed by atoms with Gasteiger partial charge in [0.05, 0.1) is 12.3 Å². The lowest BCUT2D eigenvalue weighted by atomic mass is 9.78. The maximum absolute atomic E-state index is 12.3. The van der Waals surface area contributed by atoms with Crippen LogP contribution in [0.4, 0.5) is 0 Å². The third-order valence-electron chi connectivity index (χ3n) is 4.25. The summed E-state index contributed by atoms with van der Waals surface area (Å²) in [6, 6.07) is 3.90. The Hall–Kier alpha value is -1.64. The Morgan fingerprint density at radius 1 is 1.45 bits per heavy atom. The van der Waals surface area contributed by atoms with Gasteiger partial charge < -0.3 is 4.57 Å². The number of nitriles is 1. The molecule has 1 atom stereocenters. The van der Waals surface area contributed by atoms with Gasteiger partial charge in [-0.15, -0.1) is 0 Å². The standard InChI is InChI=1S/C15H18N2O3/c1-10-6-12-15(8-14(2,3)9-19-20-15)4-5-17(12)13(18)11(10)7-16/h6H,4-5,8-9H2,1-3H3. The van der Waals surface area contributed by atoms with Crippen LogP contribution in [0.25, 0.3) is 0 Å². The summed E-state index contributed by atoms with van der Waals surface area (Å²) in [6.07, 6.45) is 1.52. The third-order valence-corrected chi connectivity index (χ3v) is 4.25. The SMILES string of the molecule is Cc1cc2n(c(=O)c1C#N)CCC21CC(C)(C)COO1. The molecule has 0 aromatic carbocycles. The van der Waals surface area contributed by atoms with Crippen LogP contribution in [0.3, 0.4) is 0 Å². The Bertz CT molecular complexity index is 669. The summed E-state index contributed by atoms with van der Waals surface area (Å²) in [5.74, 6) is 0. The number of pyridine rings is 1. The Balaban J connectivity index is 2.16. The lowest BCUT2D eigenvalue weighted by molar-refractivity contribution is -0.410. The van der Waals surface area contributed by atoms with Crippen molar-refractivity contribution in [2.45, 2.75) is 45.8 Å². The summed E-state index contributed by atoms with van der Waals surface area (Å²) < 4.78 is 1.66. The quantitative estimate of drug-likeness (QED) is 0.679. The highest BCUT2D eigenvalue weighted by atomic mass is 17.2. The molecule has 3 heterocycles. The van der Waals surface area contributed by atoms with E-state index in [1.807, 2.05) is 12.1 Å². The van der Waals surface area contributed by atoms with Crippen LogP contribution in [0.5, 0.6) is 0 Å². The van der Waals surface area contributed by atoms with Crippen molar-refractivity contribution in [2.24, 2.45) is 5.41 Å². The number of hydrogen-bond donors (Lipinski definition) is 0. The van der Waals surface area contributed by atoms with Crippen molar-refractivity contribution in [3.8, 4) is 6.07 Å². The number of fused-ring (bicyclic) bond motifs is 2. The highest BCUT2D eigenvalue weighted by Crippen LogP contribution is 2.47. The van der Waals surface area contributed by atoms with Gasteiger partial charge in [0.15, 0.2) is 0 Å². The van der Waals surface area contributed by atoms with Gasteiger partial charge in [0.1, 0.15) is 17.2 Å². The molecule has 1 aromatic heterocycles. The topological polar surface area (TPSA) is 64.2 Å². The van der Waals surface area contributed by atoms with Gasteiger partial charge in [0.2, 0.25) is 0 Å². The molecule has 0 radical (unpaired) electrons. The Morgan fingerprint density at radius 3 is 2.85 bits per heavy atom. The second kappa shape index (κ2) is 4.18. The number of nitrogens with zero attached hydrogens (tertiary/aromatic N) is 2. The predicted octanol–water partition coefficient (Wildman–Crippen LogP) is 2.01. The molecule has 1 fully saturated rings. The first kappa shape index (κ1) is 13.3. The third kappa shape index (κ3) is 1.80. The van der Waals surface area contributed by atoms with E-state index in [1.54, 1.807) is 11.5 Å². The second-order valence-electron chi connectivity index (χ2n) is 6.59. The van der Waals surface area contributed by atoms with Gasteiger partial charge in [0.25, 0.3) is 5.56 Å². The molecule has 20 heavy (non-hydrogen) atoms. The molecule has 3 rings (SSSR count). The fourth-order valence-corrected chi connectivity index (χ4v) is 3.34. The number of rotatable bonds is 0. The Kier molecular flexibility index (Phi) is 2.79. The van der Waals surface area contributed by atoms with Crippen molar-refractivity contribution in [3.05, 3.63) is 33.2 Å². The first-order valence-corrected chi connectivity index (χ1v) is 6.84. The van der Waals surface area contributed by atoms with Crippen LogP contribution in [0.2, 0.25) is 0 Å². The van der Waals surface area contributed by atoms with Crippen LogP contribution >= 0.6 is 0 Å². The number of hydrogen-bond acceptors (Lipinski definition) is 4. The molecular formula is C15H18N2O3. The van der Waals surface area contributed by atoms with Crippen LogP contribution in [0.15, 0.2) is 10.9 Å². The second-order valence-corrected chi connectivity index (χ2v) is 6.59. The van der Waals surface area contributed by atoms with E-state index in [1.165, 1.54) is 0 Å². The van der Waals surface area contributed by atoms with Gasteiger partial charge in [-0.25, -0.2) is 9.78 Å². The van der Waals surface area contributed by atoms with Gasteiger partial charge >= 0.3 is 0 Å². The van der Waals surface area contributed by atoms with Crippen molar-refractivity contribution in [3.63, 3.8) is 0 Å². The van der Waals surface area contributed by atoms with Gasteiger partial charge in [0, 0.05) is 13.0 Å². The van der Waals surface area contributed by atoms with Crippen LogP contribution in [0, 0.1) is 23.7 Å². The molecule has 0 saturated carbocycles. The summed E-state index contributed by atoms with van der Waals surface area (Å²) in [5.41, 5.74) is 1.00. The lowest BCUT2D eigenvalue weighted by Crippen LogP contribution is -2.42. The largest absolute Gasteiger partial charge is 0.308 e. The molecule has 1 spiro atoms. The van der Waals surface area contributed by atoms with E-state index < -0.39 is 5.60 Å². The average Bonchev–Trinajstić information content (AvgIpc) is 2.67. The molecule has 106 valence electrons. The molecule has 0 bridgehead atoms. The molecule has 0 aliphatic carbocycles. The maximum Gasteiger partial charge on any atom is 0.269 e. The molecule has 0 N–H and O–H groups in total. The van der Waals surface area contributed by atoms with Gasteiger partial charge in [-0.2, -0.15) is 5.26 Å². The minimum Gasteiger partial charge on any atom is -0.308 e. The fourth-order valence-electron chi connectivity index (χ4n) is 3.34. The molecule has 1 saturated heterocycles. The first-order chi connectivity index (χ1) is 9.38. The molecule has 1 aromatic rings. The minimum atomic E-state index is -0.556. The van der Waals surface area contributed by atoms with Crippen molar-refractivity contribution in [2.75, 3.05) is 6.61 Å². The monoisotopic (exact) mass is 274 g/mol. The van der Waals surface area contributed by atoms with Gasteiger partial charge in [-0.1, -0.05) is 13.8 Å². The van der Waals surface area contributed by atoms with Crippen molar-refractivity contribution < 1.29 is 9.78 Å². The van der Waals surface area contributed by atoms with Crippen LogP contribution in [0.1, 0.15) is 43.5 Å². The van der Waals surface area contributed by atoms with E-state index >= 15 is 0 Å². The van der Waals surface area contributed by atoms with Gasteiger partial charge in [-0.05, 0) is 30.4 Å². The van der Waals surface area contributed by atoms with E-state index in [-0.39, 0.29) is 16.5 Å². The zero-order valence-electron chi connectivity index (χ0n) is 12.0. The van der Waals surface area contributed by atoms with Crippen molar-refractivity contribution in [1.82, 2.24) is 4.57 Å². The highest BCUT2D eigenvalue weighted by Gasteiger charge is 2.49. The summed E-state index contributed by atoms with van der Waals surface area (Å²) in [5, 5.41) is 9.10. The first-order valence-electron chi connectivity index (χ1n) is 6.84. The van der Waals surface area contributed by atoms with Crippen LogP contribution in [-0.4, -0.2) is 11.2 Å². The zero-order chi connectivity index (χ0) is 14.5. The average molecular weight is 274 g/mol. The number of aryl methyl sites for hydroxylation is 1. The lowest BCUT2D eigenvalue weighted by Gasteiger charge is -2.41. The summed E-state index contributed by atoms with van der Waals surface area (Å²) in [6.45, 7) is 7.18. The normalized spacial score (nSPS) is 27.3. The van der Waals surface area contributed by atoms with Crippen LogP contribution < -0.4 is 5.56 Å². The van der Waals surface area contributed by atoms with Crippen LogP contribution in [-0.2, 0) is 21.9 Å². The predicted molar refractivity (Wildman–Crippen MR) is 71.9 cm³/mol. The van der Waals surface area contributed by atoms with Gasteiger partial charge in [-0.3, -0.25) is 4.79 Å². The van der Waals surface area contributed by atoms with E-state index in [0.29, 0.717) is 25.1 Å². The molecule has 1 unspecified atom stereocenters. The number of aromatic nitrogens is 1. The summed E-state index contributed by atoms with van der Waals surface area (Å²) in [4.78, 5) is 23.3. The van der Waals surface area contributed by atoms with E-state index in [4.69, 9.17) is 15.0 Å². The maximum atomic E-state index is 12.3. The molecule has 5 heteroatoms. The molecule has 2 aliphatic rings. The van der Waals surface area contributed by atoms with Crippen molar-refractivity contribution >= 4 is 0 Å². The Morgan fingerprint density at radius 2 is 2.20 bits per heavy atom. The summed E-state index contributed by atoms with van der Waals surface area (Å²) >= 11 is 0. The molecule has 0 amide bonds. The minimum absolute atomic E-state index is 0.00523. The molecule has 5 nitrogen and oxygen atoms in total. The van der Waals surface area contributed by atoms with E-state index in [2.05, 4.69) is 13.8 Å². The fraction of sp³-hybridized carbons (Fsp3) is 0.600. The van der Waals surface area contributed by atoms with E-state index in [9.17, 15) is 4.79 Å². The summed E-state index contributed by atoms with van der Waals surface area (Å²) in [7, 11) is 0. The highest BCUT2D eigenvalue weighted by molar-refractivity contribution is 5.39. The molecular weight excluding hydrogens is 256 g/mol. The molecule has 2 aliphatic heterocycles. The van der Waals surface area contributed by atoms with E-state index in [0.717, 1.165) is 12.1 Å². The smallest absolute Gasteiger partial charge is 0.269 e. The Labute approximate surface area is 117 Å². The zero-order valence-corrected chi connectivity index (χ0v) is 12.0. The van der Waals surface area contributed by atoms with Crippen molar-refractivity contribution in [1.29, 1.82) is 5.26 Å².